The molecule has 0 aliphatic rings. The van der Waals surface area contributed by atoms with Crippen LogP contribution in [0.3, 0.4) is 0 Å². The standard InChI is InChI=1S/C11H14N4O4/c16-9(13-7-10(17)18)6-15-11(19)14-5-8-1-3-12-4-2-8/h1-4H,5-7H2,(H,13,16)(H,17,18)(H2,14,15,19). The Kier molecular flexibility index (Phi) is 5.80. The summed E-state index contributed by atoms with van der Waals surface area (Å²) in [6, 6.07) is 2.99. The van der Waals surface area contributed by atoms with Crippen LogP contribution in [0.4, 0.5) is 4.79 Å². The zero-order valence-electron chi connectivity index (χ0n) is 10.0. The fraction of sp³-hybridized carbons (Fsp3) is 0.273. The van der Waals surface area contributed by atoms with E-state index in [2.05, 4.69) is 20.9 Å². The minimum absolute atomic E-state index is 0.282. The van der Waals surface area contributed by atoms with Gasteiger partial charge in [0.1, 0.15) is 6.54 Å². The van der Waals surface area contributed by atoms with Crippen LogP contribution in [0.15, 0.2) is 24.5 Å². The zero-order chi connectivity index (χ0) is 14.1. The van der Waals surface area contributed by atoms with Crippen molar-refractivity contribution in [1.82, 2.24) is 20.9 Å². The largest absolute Gasteiger partial charge is 0.480 e. The van der Waals surface area contributed by atoms with Crippen LogP contribution >= 0.6 is 0 Å². The van der Waals surface area contributed by atoms with E-state index in [-0.39, 0.29) is 6.54 Å². The Morgan fingerprint density at radius 2 is 1.74 bits per heavy atom. The van der Waals surface area contributed by atoms with E-state index in [9.17, 15) is 14.4 Å². The first-order chi connectivity index (χ1) is 9.08. The lowest BCUT2D eigenvalue weighted by Gasteiger charge is -2.07. The Balaban J connectivity index is 2.17. The van der Waals surface area contributed by atoms with Crippen LogP contribution in [0, 0.1) is 0 Å². The van der Waals surface area contributed by atoms with Crippen molar-refractivity contribution in [3.05, 3.63) is 30.1 Å². The van der Waals surface area contributed by atoms with Gasteiger partial charge in [-0.05, 0) is 17.7 Å². The normalized spacial score (nSPS) is 9.47. The number of amides is 3. The monoisotopic (exact) mass is 266 g/mol. The van der Waals surface area contributed by atoms with Crippen molar-refractivity contribution in [3.8, 4) is 0 Å². The van der Waals surface area contributed by atoms with Crippen LogP contribution in [-0.4, -0.2) is 41.1 Å². The van der Waals surface area contributed by atoms with E-state index in [1.807, 2.05) is 0 Å². The summed E-state index contributed by atoms with van der Waals surface area (Å²) in [4.78, 5) is 36.4. The lowest BCUT2D eigenvalue weighted by Crippen LogP contribution is -2.42. The van der Waals surface area contributed by atoms with E-state index in [0.717, 1.165) is 5.56 Å². The van der Waals surface area contributed by atoms with Crippen molar-refractivity contribution < 1.29 is 19.5 Å². The second kappa shape index (κ2) is 7.64. The van der Waals surface area contributed by atoms with E-state index in [1.165, 1.54) is 0 Å². The molecule has 102 valence electrons. The number of urea groups is 1. The summed E-state index contributed by atoms with van der Waals surface area (Å²) in [5, 5.41) is 15.3. The molecule has 4 N–H and O–H groups in total. The predicted molar refractivity (Wildman–Crippen MR) is 65.1 cm³/mol. The van der Waals surface area contributed by atoms with E-state index in [0.29, 0.717) is 6.54 Å². The van der Waals surface area contributed by atoms with Gasteiger partial charge in [-0.2, -0.15) is 0 Å². The molecule has 0 spiro atoms. The molecule has 19 heavy (non-hydrogen) atoms. The number of nitrogens with zero attached hydrogens (tertiary/aromatic N) is 1. The van der Waals surface area contributed by atoms with Gasteiger partial charge in [-0.15, -0.1) is 0 Å². The van der Waals surface area contributed by atoms with Gasteiger partial charge in [0.2, 0.25) is 5.91 Å². The molecule has 1 aromatic rings. The highest BCUT2D eigenvalue weighted by molar-refractivity contribution is 5.86. The van der Waals surface area contributed by atoms with Crippen molar-refractivity contribution in [2.45, 2.75) is 6.54 Å². The first-order valence-corrected chi connectivity index (χ1v) is 5.47. The maximum absolute atomic E-state index is 11.3. The third kappa shape index (κ3) is 6.61. The molecule has 0 unspecified atom stereocenters. The number of hydrogen-bond acceptors (Lipinski definition) is 4. The molecule has 3 amide bonds. The summed E-state index contributed by atoms with van der Waals surface area (Å²) in [5.74, 6) is -1.71. The Labute approximate surface area is 109 Å². The van der Waals surface area contributed by atoms with Gasteiger partial charge in [-0.3, -0.25) is 14.6 Å². The molecule has 0 aliphatic heterocycles. The van der Waals surface area contributed by atoms with Crippen molar-refractivity contribution in [3.63, 3.8) is 0 Å². The highest BCUT2D eigenvalue weighted by atomic mass is 16.4. The second-order valence-corrected chi connectivity index (χ2v) is 3.56. The smallest absolute Gasteiger partial charge is 0.322 e. The molecule has 0 aliphatic carbocycles. The van der Waals surface area contributed by atoms with Gasteiger partial charge in [-0.25, -0.2) is 4.79 Å². The van der Waals surface area contributed by atoms with Crippen molar-refractivity contribution in [1.29, 1.82) is 0 Å². The third-order valence-corrected chi connectivity index (χ3v) is 2.05. The maximum Gasteiger partial charge on any atom is 0.322 e. The van der Waals surface area contributed by atoms with Gasteiger partial charge < -0.3 is 21.1 Å². The molecule has 1 rings (SSSR count). The first-order valence-electron chi connectivity index (χ1n) is 5.47. The van der Waals surface area contributed by atoms with E-state index in [4.69, 9.17) is 5.11 Å². The SMILES string of the molecule is O=C(O)CNC(=O)CNC(=O)NCc1ccncc1. The van der Waals surface area contributed by atoms with Crippen molar-refractivity contribution in [2.24, 2.45) is 0 Å². The zero-order valence-corrected chi connectivity index (χ0v) is 10.0. The first kappa shape index (κ1) is 14.4. The van der Waals surface area contributed by atoms with E-state index >= 15 is 0 Å². The summed E-state index contributed by atoms with van der Waals surface area (Å²) in [7, 11) is 0. The highest BCUT2D eigenvalue weighted by Gasteiger charge is 2.06. The molecule has 8 heteroatoms. The minimum atomic E-state index is -1.14. The molecule has 0 atom stereocenters. The quantitative estimate of drug-likeness (QED) is 0.531. The van der Waals surface area contributed by atoms with Crippen LogP contribution in [-0.2, 0) is 16.1 Å². The van der Waals surface area contributed by atoms with Gasteiger partial charge in [-0.1, -0.05) is 0 Å². The Bertz CT molecular complexity index is 449. The number of aliphatic carboxylic acids is 1. The number of pyridine rings is 1. The van der Waals surface area contributed by atoms with E-state index in [1.54, 1.807) is 24.5 Å². The number of nitrogens with one attached hydrogen (secondary N) is 3. The average Bonchev–Trinajstić information content (AvgIpc) is 2.41. The number of hydrogen-bond donors (Lipinski definition) is 4. The van der Waals surface area contributed by atoms with Crippen molar-refractivity contribution in [2.75, 3.05) is 13.1 Å². The van der Waals surface area contributed by atoms with Gasteiger partial charge in [0.25, 0.3) is 0 Å². The number of carbonyl (C=O) groups is 3. The summed E-state index contributed by atoms with van der Waals surface area (Å²) >= 11 is 0. The minimum Gasteiger partial charge on any atom is -0.480 e. The molecule has 0 radical (unpaired) electrons. The molecule has 0 saturated carbocycles. The summed E-state index contributed by atoms with van der Waals surface area (Å²) in [6.07, 6.45) is 3.21. The lowest BCUT2D eigenvalue weighted by atomic mass is 10.3. The molecule has 0 bridgehead atoms. The Morgan fingerprint density at radius 3 is 2.37 bits per heavy atom. The highest BCUT2D eigenvalue weighted by Crippen LogP contribution is 1.94. The maximum atomic E-state index is 11.3. The van der Waals surface area contributed by atoms with Gasteiger partial charge in [0.05, 0.1) is 6.54 Å². The fourth-order valence-electron chi connectivity index (χ4n) is 1.14. The second-order valence-electron chi connectivity index (χ2n) is 3.56. The van der Waals surface area contributed by atoms with Crippen LogP contribution in [0.25, 0.3) is 0 Å². The number of carboxylic acid groups (broad SMARTS) is 1. The van der Waals surface area contributed by atoms with Gasteiger partial charge >= 0.3 is 12.0 Å². The Hall–Kier alpha value is -2.64. The van der Waals surface area contributed by atoms with Crippen LogP contribution in [0.5, 0.6) is 0 Å². The van der Waals surface area contributed by atoms with E-state index < -0.39 is 24.5 Å². The number of carboxylic acids is 1. The number of aromatic nitrogens is 1. The molecule has 1 heterocycles. The molecule has 8 nitrogen and oxygen atoms in total. The van der Waals surface area contributed by atoms with Crippen LogP contribution < -0.4 is 16.0 Å². The summed E-state index contributed by atoms with van der Waals surface area (Å²) < 4.78 is 0. The predicted octanol–water partition coefficient (Wildman–Crippen LogP) is -0.918. The average molecular weight is 266 g/mol. The van der Waals surface area contributed by atoms with Gasteiger partial charge in [0.15, 0.2) is 0 Å². The lowest BCUT2D eigenvalue weighted by molar-refractivity contribution is -0.137. The summed E-state index contributed by atoms with van der Waals surface area (Å²) in [5.41, 5.74) is 0.875. The third-order valence-electron chi connectivity index (χ3n) is 2.05. The molecule has 0 saturated heterocycles. The molecular weight excluding hydrogens is 252 g/mol. The van der Waals surface area contributed by atoms with Crippen LogP contribution in [0.2, 0.25) is 0 Å². The fourth-order valence-corrected chi connectivity index (χ4v) is 1.14. The van der Waals surface area contributed by atoms with Crippen molar-refractivity contribution >= 4 is 17.9 Å². The van der Waals surface area contributed by atoms with Gasteiger partial charge in [0, 0.05) is 18.9 Å². The topological polar surface area (TPSA) is 120 Å². The number of rotatable bonds is 6. The molecule has 1 aromatic heterocycles. The molecule has 0 aromatic carbocycles. The molecular formula is C11H14N4O4. The van der Waals surface area contributed by atoms with Crippen LogP contribution in [0.1, 0.15) is 5.56 Å². The molecule has 0 fully saturated rings. The summed E-state index contributed by atoms with van der Waals surface area (Å²) in [6.45, 7) is -0.445. The number of carbonyl (C=O) groups excluding carboxylic acids is 2. The Morgan fingerprint density at radius 1 is 1.05 bits per heavy atom.